The van der Waals surface area contributed by atoms with Crippen molar-refractivity contribution in [3.05, 3.63) is 71.8 Å². The highest BCUT2D eigenvalue weighted by Crippen LogP contribution is 2.20. The minimum absolute atomic E-state index is 0.0515. The fraction of sp³-hybridized carbons (Fsp3) is 0.318. The Morgan fingerprint density at radius 2 is 1.88 bits per heavy atom. The second kappa shape index (κ2) is 9.20. The molecule has 2 aromatic carbocycles. The standard InChI is InChI=1S/C22H27N3O/c23-22(26)20-11-14-25(15-12-20)17-19-8-4-10-21(16-19)24-13-5-9-18-6-2-1-3-7-18/h1-10,16,20,24H,11-15,17H2,(H2,23,26). The molecule has 1 saturated heterocycles. The van der Waals surface area contributed by atoms with E-state index < -0.39 is 0 Å². The van der Waals surface area contributed by atoms with Gasteiger partial charge in [0, 0.05) is 24.7 Å². The number of primary amides is 1. The van der Waals surface area contributed by atoms with Crippen molar-refractivity contribution in [3.8, 4) is 0 Å². The molecule has 0 unspecified atom stereocenters. The van der Waals surface area contributed by atoms with Gasteiger partial charge in [-0.25, -0.2) is 0 Å². The first-order valence-corrected chi connectivity index (χ1v) is 9.27. The Bertz CT molecular complexity index is 734. The number of carbonyl (C=O) groups is 1. The Hall–Kier alpha value is -2.59. The van der Waals surface area contributed by atoms with Gasteiger partial charge in [-0.2, -0.15) is 0 Å². The van der Waals surface area contributed by atoms with E-state index in [2.05, 4.69) is 58.8 Å². The first-order chi connectivity index (χ1) is 12.7. The number of hydrogen-bond acceptors (Lipinski definition) is 3. The van der Waals surface area contributed by atoms with Crippen molar-refractivity contribution in [2.24, 2.45) is 11.7 Å². The average molecular weight is 349 g/mol. The summed E-state index contributed by atoms with van der Waals surface area (Å²) in [4.78, 5) is 13.7. The van der Waals surface area contributed by atoms with E-state index in [0.717, 1.165) is 44.7 Å². The normalized spacial score (nSPS) is 16.0. The van der Waals surface area contributed by atoms with Crippen LogP contribution in [0.25, 0.3) is 6.08 Å². The summed E-state index contributed by atoms with van der Waals surface area (Å²) >= 11 is 0. The van der Waals surface area contributed by atoms with Gasteiger partial charge in [0.2, 0.25) is 5.91 Å². The topological polar surface area (TPSA) is 58.4 Å². The van der Waals surface area contributed by atoms with Crippen molar-refractivity contribution in [1.82, 2.24) is 4.90 Å². The van der Waals surface area contributed by atoms with Crippen molar-refractivity contribution >= 4 is 17.7 Å². The van der Waals surface area contributed by atoms with E-state index in [9.17, 15) is 4.79 Å². The SMILES string of the molecule is NC(=O)C1CCN(Cc2cccc(NCC=Cc3ccccc3)c2)CC1. The Morgan fingerprint density at radius 1 is 1.12 bits per heavy atom. The molecular weight excluding hydrogens is 322 g/mol. The van der Waals surface area contributed by atoms with Gasteiger partial charge in [-0.05, 0) is 49.2 Å². The highest BCUT2D eigenvalue weighted by Gasteiger charge is 2.22. The van der Waals surface area contributed by atoms with E-state index in [0.29, 0.717) is 0 Å². The summed E-state index contributed by atoms with van der Waals surface area (Å²) in [7, 11) is 0. The molecule has 1 amide bonds. The quantitative estimate of drug-likeness (QED) is 0.804. The maximum absolute atomic E-state index is 11.3. The second-order valence-electron chi connectivity index (χ2n) is 6.85. The Kier molecular flexibility index (Phi) is 6.45. The van der Waals surface area contributed by atoms with Gasteiger partial charge in [-0.15, -0.1) is 0 Å². The van der Waals surface area contributed by atoms with Crippen molar-refractivity contribution < 1.29 is 4.79 Å². The van der Waals surface area contributed by atoms with E-state index in [1.807, 2.05) is 18.2 Å². The van der Waals surface area contributed by atoms with Crippen LogP contribution in [0.15, 0.2) is 60.7 Å². The molecule has 4 heteroatoms. The molecule has 0 spiro atoms. The fourth-order valence-corrected chi connectivity index (χ4v) is 3.35. The minimum Gasteiger partial charge on any atom is -0.382 e. The molecule has 1 fully saturated rings. The van der Waals surface area contributed by atoms with Gasteiger partial charge in [-0.1, -0.05) is 54.6 Å². The number of nitrogens with one attached hydrogen (secondary N) is 1. The number of likely N-dealkylation sites (tertiary alicyclic amines) is 1. The van der Waals surface area contributed by atoms with Gasteiger partial charge < -0.3 is 11.1 Å². The maximum Gasteiger partial charge on any atom is 0.220 e. The molecular formula is C22H27N3O. The van der Waals surface area contributed by atoms with Crippen molar-refractivity contribution in [1.29, 1.82) is 0 Å². The molecule has 0 aromatic heterocycles. The van der Waals surface area contributed by atoms with Crippen LogP contribution in [-0.2, 0) is 11.3 Å². The van der Waals surface area contributed by atoms with Crippen LogP contribution in [-0.4, -0.2) is 30.4 Å². The van der Waals surface area contributed by atoms with Crippen LogP contribution in [0.4, 0.5) is 5.69 Å². The molecule has 4 nitrogen and oxygen atoms in total. The summed E-state index contributed by atoms with van der Waals surface area (Å²) in [6.45, 7) is 3.58. The molecule has 0 bridgehead atoms. The summed E-state index contributed by atoms with van der Waals surface area (Å²) in [5, 5.41) is 3.45. The summed E-state index contributed by atoms with van der Waals surface area (Å²) in [5.41, 5.74) is 9.04. The molecule has 0 atom stereocenters. The first kappa shape index (κ1) is 18.2. The number of piperidine rings is 1. The lowest BCUT2D eigenvalue weighted by Crippen LogP contribution is -2.38. The van der Waals surface area contributed by atoms with Crippen LogP contribution in [0.2, 0.25) is 0 Å². The number of carbonyl (C=O) groups excluding carboxylic acids is 1. The minimum atomic E-state index is -0.153. The van der Waals surface area contributed by atoms with Gasteiger partial charge in [0.1, 0.15) is 0 Å². The van der Waals surface area contributed by atoms with Crippen LogP contribution in [0, 0.1) is 5.92 Å². The highest BCUT2D eigenvalue weighted by atomic mass is 16.1. The van der Waals surface area contributed by atoms with Gasteiger partial charge in [0.15, 0.2) is 0 Å². The number of hydrogen-bond donors (Lipinski definition) is 2. The maximum atomic E-state index is 11.3. The Balaban J connectivity index is 1.47. The predicted molar refractivity (Wildman–Crippen MR) is 108 cm³/mol. The van der Waals surface area contributed by atoms with Crippen LogP contribution in [0.5, 0.6) is 0 Å². The summed E-state index contributed by atoms with van der Waals surface area (Å²) < 4.78 is 0. The number of nitrogens with two attached hydrogens (primary N) is 1. The van der Waals surface area contributed by atoms with E-state index in [4.69, 9.17) is 5.73 Å². The molecule has 26 heavy (non-hydrogen) atoms. The molecule has 136 valence electrons. The van der Waals surface area contributed by atoms with Crippen molar-refractivity contribution in [2.75, 3.05) is 25.0 Å². The van der Waals surface area contributed by atoms with E-state index in [1.165, 1.54) is 11.1 Å². The number of amides is 1. The molecule has 0 aliphatic carbocycles. The predicted octanol–water partition coefficient (Wildman–Crippen LogP) is 3.51. The van der Waals surface area contributed by atoms with Gasteiger partial charge >= 0.3 is 0 Å². The largest absolute Gasteiger partial charge is 0.382 e. The summed E-state index contributed by atoms with van der Waals surface area (Å²) in [6, 6.07) is 18.9. The Morgan fingerprint density at radius 3 is 2.62 bits per heavy atom. The molecule has 1 aliphatic heterocycles. The Labute approximate surface area is 155 Å². The first-order valence-electron chi connectivity index (χ1n) is 9.27. The van der Waals surface area contributed by atoms with Crippen LogP contribution in [0.3, 0.4) is 0 Å². The summed E-state index contributed by atoms with van der Waals surface area (Å²) in [5.74, 6) is -0.102. The number of anilines is 1. The zero-order valence-corrected chi connectivity index (χ0v) is 15.1. The molecule has 0 radical (unpaired) electrons. The fourth-order valence-electron chi connectivity index (χ4n) is 3.35. The van der Waals surface area contributed by atoms with E-state index in [-0.39, 0.29) is 11.8 Å². The average Bonchev–Trinajstić information content (AvgIpc) is 2.67. The smallest absolute Gasteiger partial charge is 0.220 e. The second-order valence-corrected chi connectivity index (χ2v) is 6.85. The van der Waals surface area contributed by atoms with E-state index in [1.54, 1.807) is 0 Å². The van der Waals surface area contributed by atoms with Crippen LogP contribution < -0.4 is 11.1 Å². The van der Waals surface area contributed by atoms with Gasteiger partial charge in [0.05, 0.1) is 0 Å². The molecule has 1 aliphatic rings. The highest BCUT2D eigenvalue weighted by molar-refractivity contribution is 5.76. The monoisotopic (exact) mass is 349 g/mol. The third kappa shape index (κ3) is 5.46. The molecule has 3 N–H and O–H groups in total. The molecule has 0 saturated carbocycles. The third-order valence-corrected chi connectivity index (χ3v) is 4.86. The van der Waals surface area contributed by atoms with Crippen molar-refractivity contribution in [2.45, 2.75) is 19.4 Å². The van der Waals surface area contributed by atoms with Crippen molar-refractivity contribution in [3.63, 3.8) is 0 Å². The number of benzene rings is 2. The lowest BCUT2D eigenvalue weighted by Gasteiger charge is -2.30. The zero-order valence-electron chi connectivity index (χ0n) is 15.1. The molecule has 3 rings (SSSR count). The lowest BCUT2D eigenvalue weighted by atomic mass is 9.96. The molecule has 2 aromatic rings. The van der Waals surface area contributed by atoms with E-state index >= 15 is 0 Å². The van der Waals surface area contributed by atoms with Crippen LogP contribution >= 0.6 is 0 Å². The summed E-state index contributed by atoms with van der Waals surface area (Å²) in [6.07, 6.45) is 6.01. The third-order valence-electron chi connectivity index (χ3n) is 4.86. The lowest BCUT2D eigenvalue weighted by molar-refractivity contribution is -0.123. The number of nitrogens with zero attached hydrogens (tertiary/aromatic N) is 1. The van der Waals surface area contributed by atoms with Gasteiger partial charge in [0.25, 0.3) is 0 Å². The van der Waals surface area contributed by atoms with Crippen LogP contribution in [0.1, 0.15) is 24.0 Å². The number of rotatable bonds is 7. The zero-order chi connectivity index (χ0) is 18.2. The van der Waals surface area contributed by atoms with Gasteiger partial charge in [-0.3, -0.25) is 9.69 Å². The molecule has 1 heterocycles.